The highest BCUT2D eigenvalue weighted by atomic mass is 14.7. The van der Waals surface area contributed by atoms with Crippen molar-refractivity contribution in [3.05, 3.63) is 35.4 Å². The predicted molar refractivity (Wildman–Crippen MR) is 99.5 cm³/mol. The van der Waals surface area contributed by atoms with Crippen LogP contribution in [-0.4, -0.2) is 0 Å². The molecule has 0 unspecified atom stereocenters. The molecule has 1 heteroatoms. The molecular weight excluding hydrogens is 278 g/mol. The predicted octanol–water partition coefficient (Wildman–Crippen LogP) is 6.12. The van der Waals surface area contributed by atoms with Crippen LogP contribution in [0.5, 0.6) is 0 Å². The molecule has 2 N–H and O–H groups in total. The van der Waals surface area contributed by atoms with Crippen molar-refractivity contribution in [2.45, 2.75) is 90.0 Å². The zero-order valence-electron chi connectivity index (χ0n) is 15.4. The lowest BCUT2D eigenvalue weighted by Gasteiger charge is -2.37. The largest absolute Gasteiger partial charge is 0.321 e. The quantitative estimate of drug-likeness (QED) is 0.699. The minimum absolute atomic E-state index is 0.0549. The maximum Gasteiger partial charge on any atom is 0.0409 e. The summed E-state index contributed by atoms with van der Waals surface area (Å²) in [6, 6.07) is 9.41. The number of rotatable bonds is 2. The molecular formula is C22H35N. The number of benzene rings is 1. The van der Waals surface area contributed by atoms with Crippen molar-refractivity contribution < 1.29 is 0 Å². The van der Waals surface area contributed by atoms with Crippen molar-refractivity contribution in [2.75, 3.05) is 0 Å². The van der Waals surface area contributed by atoms with Crippen molar-refractivity contribution in [3.8, 4) is 0 Å². The second kappa shape index (κ2) is 6.59. The van der Waals surface area contributed by atoms with Gasteiger partial charge in [-0.1, -0.05) is 64.3 Å². The number of hydrogen-bond acceptors (Lipinski definition) is 1. The van der Waals surface area contributed by atoms with Crippen LogP contribution < -0.4 is 5.73 Å². The maximum atomic E-state index is 6.67. The van der Waals surface area contributed by atoms with E-state index >= 15 is 0 Å². The fraction of sp³-hybridized carbons (Fsp3) is 0.727. The van der Waals surface area contributed by atoms with Gasteiger partial charge in [-0.25, -0.2) is 0 Å². The van der Waals surface area contributed by atoms with Gasteiger partial charge in [0.1, 0.15) is 0 Å². The van der Waals surface area contributed by atoms with E-state index in [4.69, 9.17) is 5.73 Å². The summed E-state index contributed by atoms with van der Waals surface area (Å²) in [4.78, 5) is 0. The third kappa shape index (κ3) is 3.82. The summed E-state index contributed by atoms with van der Waals surface area (Å²) in [7, 11) is 0. The van der Waals surface area contributed by atoms with Gasteiger partial charge in [-0.2, -0.15) is 0 Å². The molecule has 128 valence electrons. The molecule has 0 atom stereocenters. The number of hydrogen-bond donors (Lipinski definition) is 1. The van der Waals surface area contributed by atoms with E-state index < -0.39 is 0 Å². The fourth-order valence-corrected chi connectivity index (χ4v) is 4.85. The van der Waals surface area contributed by atoms with Crippen LogP contribution in [-0.2, 0) is 5.54 Å². The Morgan fingerprint density at radius 3 is 1.96 bits per heavy atom. The van der Waals surface area contributed by atoms with E-state index in [2.05, 4.69) is 45.0 Å². The Morgan fingerprint density at radius 1 is 0.870 bits per heavy atom. The van der Waals surface area contributed by atoms with Gasteiger partial charge in [-0.15, -0.1) is 0 Å². The van der Waals surface area contributed by atoms with Gasteiger partial charge in [0.2, 0.25) is 0 Å². The molecule has 0 radical (unpaired) electrons. The highest BCUT2D eigenvalue weighted by Crippen LogP contribution is 2.43. The van der Waals surface area contributed by atoms with E-state index in [-0.39, 0.29) is 5.54 Å². The molecule has 1 aromatic rings. The molecule has 2 aliphatic carbocycles. The zero-order chi connectivity index (χ0) is 16.5. The van der Waals surface area contributed by atoms with Crippen LogP contribution in [0.15, 0.2) is 24.3 Å². The van der Waals surface area contributed by atoms with Crippen molar-refractivity contribution in [2.24, 2.45) is 17.1 Å². The van der Waals surface area contributed by atoms with E-state index in [1.54, 1.807) is 5.56 Å². The van der Waals surface area contributed by atoms with Crippen molar-refractivity contribution in [1.29, 1.82) is 0 Å². The van der Waals surface area contributed by atoms with Gasteiger partial charge in [0.15, 0.2) is 0 Å². The first kappa shape index (κ1) is 17.0. The monoisotopic (exact) mass is 313 g/mol. The average molecular weight is 314 g/mol. The van der Waals surface area contributed by atoms with Crippen LogP contribution >= 0.6 is 0 Å². The molecule has 0 bridgehead atoms. The van der Waals surface area contributed by atoms with E-state index in [9.17, 15) is 0 Å². The standard InChI is InChI=1S/C22H35N/c1-21(2,3)19-11-7-17(8-12-19)18-9-13-20(14-10-18)22(23)15-5-4-6-16-22/h9-10,13-14,17,19H,4-8,11-12,15-16,23H2,1-3H3. The lowest BCUT2D eigenvalue weighted by molar-refractivity contribution is 0.169. The molecule has 2 saturated carbocycles. The lowest BCUT2D eigenvalue weighted by Crippen LogP contribution is -2.38. The van der Waals surface area contributed by atoms with E-state index in [0.29, 0.717) is 5.41 Å². The van der Waals surface area contributed by atoms with E-state index in [0.717, 1.165) is 24.7 Å². The molecule has 1 nitrogen and oxygen atoms in total. The van der Waals surface area contributed by atoms with Gasteiger partial charge in [0.05, 0.1) is 0 Å². The molecule has 2 aliphatic rings. The zero-order valence-corrected chi connectivity index (χ0v) is 15.4. The molecule has 0 aliphatic heterocycles. The Kier molecular flexibility index (Phi) is 4.88. The molecule has 0 spiro atoms. The summed E-state index contributed by atoms with van der Waals surface area (Å²) in [5, 5.41) is 0. The van der Waals surface area contributed by atoms with Crippen LogP contribution in [0.1, 0.15) is 95.6 Å². The van der Waals surface area contributed by atoms with Crippen LogP contribution in [0, 0.1) is 11.3 Å². The third-order valence-electron chi connectivity index (χ3n) is 6.65. The number of nitrogens with two attached hydrogens (primary N) is 1. The normalized spacial score (nSPS) is 28.5. The van der Waals surface area contributed by atoms with Crippen molar-refractivity contribution >= 4 is 0 Å². The topological polar surface area (TPSA) is 26.0 Å². The molecule has 0 amide bonds. The first-order chi connectivity index (χ1) is 10.9. The molecule has 1 aromatic carbocycles. The Balaban J connectivity index is 1.64. The fourth-order valence-electron chi connectivity index (χ4n) is 4.85. The van der Waals surface area contributed by atoms with Crippen molar-refractivity contribution in [3.63, 3.8) is 0 Å². The van der Waals surface area contributed by atoms with Crippen LogP contribution in [0.2, 0.25) is 0 Å². The van der Waals surface area contributed by atoms with Gasteiger partial charge in [-0.05, 0) is 66.9 Å². The van der Waals surface area contributed by atoms with Gasteiger partial charge >= 0.3 is 0 Å². The van der Waals surface area contributed by atoms with E-state index in [1.165, 1.54) is 50.5 Å². The Morgan fingerprint density at radius 2 is 1.43 bits per heavy atom. The summed E-state index contributed by atoms with van der Waals surface area (Å²) in [6.45, 7) is 7.20. The van der Waals surface area contributed by atoms with Crippen LogP contribution in [0.3, 0.4) is 0 Å². The minimum Gasteiger partial charge on any atom is -0.321 e. The minimum atomic E-state index is -0.0549. The molecule has 0 aromatic heterocycles. The van der Waals surface area contributed by atoms with Gasteiger partial charge in [0.25, 0.3) is 0 Å². The highest BCUT2D eigenvalue weighted by Gasteiger charge is 2.31. The van der Waals surface area contributed by atoms with Gasteiger partial charge in [-0.3, -0.25) is 0 Å². The molecule has 3 rings (SSSR count). The molecule has 2 fully saturated rings. The average Bonchev–Trinajstić information content (AvgIpc) is 2.55. The maximum absolute atomic E-state index is 6.67. The van der Waals surface area contributed by atoms with Gasteiger partial charge < -0.3 is 5.73 Å². The molecule has 0 saturated heterocycles. The second-order valence-corrected chi connectivity index (χ2v) is 9.25. The summed E-state index contributed by atoms with van der Waals surface area (Å²) in [6.07, 6.45) is 11.7. The Bertz CT molecular complexity index is 494. The van der Waals surface area contributed by atoms with Crippen LogP contribution in [0.4, 0.5) is 0 Å². The van der Waals surface area contributed by atoms with Gasteiger partial charge in [0, 0.05) is 5.54 Å². The summed E-state index contributed by atoms with van der Waals surface area (Å²) >= 11 is 0. The first-order valence-corrected chi connectivity index (χ1v) is 9.78. The third-order valence-corrected chi connectivity index (χ3v) is 6.65. The smallest absolute Gasteiger partial charge is 0.0409 e. The SMILES string of the molecule is CC(C)(C)C1CCC(c2ccc(C3(N)CCCCC3)cc2)CC1. The van der Waals surface area contributed by atoms with Crippen molar-refractivity contribution in [1.82, 2.24) is 0 Å². The lowest BCUT2D eigenvalue weighted by atomic mass is 9.68. The Labute approximate surface area is 143 Å². The summed E-state index contributed by atoms with van der Waals surface area (Å²) < 4.78 is 0. The molecule has 23 heavy (non-hydrogen) atoms. The van der Waals surface area contributed by atoms with Crippen LogP contribution in [0.25, 0.3) is 0 Å². The first-order valence-electron chi connectivity index (χ1n) is 9.78. The Hall–Kier alpha value is -0.820. The summed E-state index contributed by atoms with van der Waals surface area (Å²) in [5.41, 5.74) is 10.0. The highest BCUT2D eigenvalue weighted by molar-refractivity contribution is 5.30. The summed E-state index contributed by atoms with van der Waals surface area (Å²) in [5.74, 6) is 1.66. The second-order valence-electron chi connectivity index (χ2n) is 9.25. The van der Waals surface area contributed by atoms with E-state index in [1.807, 2.05) is 0 Å². The molecule has 0 heterocycles.